The molecule has 0 heterocycles. The van der Waals surface area contributed by atoms with E-state index in [0.717, 1.165) is 32.1 Å². The van der Waals surface area contributed by atoms with Crippen molar-refractivity contribution >= 4 is 11.8 Å². The Hall–Kier alpha value is -0.940. The molecule has 5 nitrogen and oxygen atoms in total. The van der Waals surface area contributed by atoms with Gasteiger partial charge in [0.25, 0.3) is 0 Å². The number of Topliss-reactive ketones (excluding diaryl/α,β-unsaturated/α-hetero) is 1. The molecule has 4 saturated carbocycles. The molecular weight excluding hydrogens is 368 g/mol. The molecular formula is C24H38O5. The number of fused-ring (bicyclic) bond motifs is 5. The summed E-state index contributed by atoms with van der Waals surface area (Å²) >= 11 is 0. The SMILES string of the molecule is C[C@H](CCC(=O)O)[C@H]1CCC2C3C(=O)CC4CC(O)CC[C@]4(C)C3CC(O)[C@@]21C. The first-order chi connectivity index (χ1) is 13.6. The normalized spacial score (nSPS) is 50.4. The predicted octanol–water partition coefficient (Wildman–Crippen LogP) is 3.66. The lowest BCUT2D eigenvalue weighted by Gasteiger charge is -2.61. The maximum Gasteiger partial charge on any atom is 0.303 e. The molecule has 0 aromatic heterocycles. The van der Waals surface area contributed by atoms with Crippen LogP contribution in [0.4, 0.5) is 0 Å². The Morgan fingerprint density at radius 1 is 1.14 bits per heavy atom. The molecule has 0 bridgehead atoms. The zero-order valence-electron chi connectivity index (χ0n) is 18.1. The Labute approximate surface area is 174 Å². The summed E-state index contributed by atoms with van der Waals surface area (Å²) in [5, 5.41) is 30.7. The van der Waals surface area contributed by atoms with Crippen molar-refractivity contribution < 1.29 is 24.9 Å². The van der Waals surface area contributed by atoms with E-state index in [2.05, 4.69) is 20.8 Å². The predicted molar refractivity (Wildman–Crippen MR) is 109 cm³/mol. The van der Waals surface area contributed by atoms with E-state index >= 15 is 0 Å². The van der Waals surface area contributed by atoms with Crippen molar-refractivity contribution in [2.24, 2.45) is 46.3 Å². The van der Waals surface area contributed by atoms with Crippen molar-refractivity contribution in [1.82, 2.24) is 0 Å². The van der Waals surface area contributed by atoms with Gasteiger partial charge in [0, 0.05) is 24.2 Å². The standard InChI is InChI=1S/C24H38O5/c1-13(4-7-21(28)29)16-5-6-17-22-18(12-20(27)24(16,17)3)23(2)9-8-15(25)10-14(23)11-19(22)26/h13-18,20,22,25,27H,4-12H2,1-3H3,(H,28,29)/t13-,14?,15?,16-,17?,18?,20?,22?,23+,24-/m1/s1. The summed E-state index contributed by atoms with van der Waals surface area (Å²) in [7, 11) is 0. The van der Waals surface area contributed by atoms with E-state index in [1.807, 2.05) is 0 Å². The molecule has 0 saturated heterocycles. The highest BCUT2D eigenvalue weighted by molar-refractivity contribution is 5.83. The summed E-state index contributed by atoms with van der Waals surface area (Å²) < 4.78 is 0. The summed E-state index contributed by atoms with van der Waals surface area (Å²) in [4.78, 5) is 24.4. The van der Waals surface area contributed by atoms with Gasteiger partial charge in [-0.1, -0.05) is 20.8 Å². The molecule has 0 spiro atoms. The van der Waals surface area contributed by atoms with Gasteiger partial charge in [-0.05, 0) is 80.0 Å². The van der Waals surface area contributed by atoms with Gasteiger partial charge in [0.05, 0.1) is 12.2 Å². The van der Waals surface area contributed by atoms with Crippen LogP contribution in [0.3, 0.4) is 0 Å². The van der Waals surface area contributed by atoms with Crippen molar-refractivity contribution in [3.05, 3.63) is 0 Å². The van der Waals surface area contributed by atoms with E-state index in [0.29, 0.717) is 25.0 Å². The number of rotatable bonds is 4. The molecule has 0 amide bonds. The van der Waals surface area contributed by atoms with Crippen molar-refractivity contribution in [3.63, 3.8) is 0 Å². The molecule has 4 fully saturated rings. The fourth-order valence-electron chi connectivity index (χ4n) is 8.40. The van der Waals surface area contributed by atoms with Crippen LogP contribution in [0.25, 0.3) is 0 Å². The zero-order chi connectivity index (χ0) is 21.1. The van der Waals surface area contributed by atoms with E-state index in [1.54, 1.807) is 0 Å². The molecule has 0 aliphatic heterocycles. The number of aliphatic carboxylic acids is 1. The minimum absolute atomic E-state index is 0.0246. The van der Waals surface area contributed by atoms with E-state index in [1.165, 1.54) is 0 Å². The third kappa shape index (κ3) is 3.18. The quantitative estimate of drug-likeness (QED) is 0.662. The number of carboxylic acids is 1. The van der Waals surface area contributed by atoms with Crippen molar-refractivity contribution in [3.8, 4) is 0 Å². The Kier molecular flexibility index (Phi) is 5.39. The highest BCUT2D eigenvalue weighted by Crippen LogP contribution is 2.67. The second-order valence-electron chi connectivity index (χ2n) is 11.3. The fourth-order valence-corrected chi connectivity index (χ4v) is 8.40. The largest absolute Gasteiger partial charge is 0.481 e. The van der Waals surface area contributed by atoms with E-state index in [-0.39, 0.29) is 58.9 Å². The average Bonchev–Trinajstić information content (AvgIpc) is 3.01. The smallest absolute Gasteiger partial charge is 0.303 e. The molecule has 5 heteroatoms. The number of carbonyl (C=O) groups excluding carboxylic acids is 1. The molecule has 0 radical (unpaired) electrons. The minimum Gasteiger partial charge on any atom is -0.481 e. The van der Waals surface area contributed by atoms with Gasteiger partial charge in [-0.15, -0.1) is 0 Å². The van der Waals surface area contributed by atoms with Crippen LogP contribution in [0.5, 0.6) is 0 Å². The minimum atomic E-state index is -0.762. The molecule has 6 unspecified atom stereocenters. The van der Waals surface area contributed by atoms with Gasteiger partial charge in [-0.25, -0.2) is 0 Å². The van der Waals surface area contributed by atoms with Crippen LogP contribution in [0.2, 0.25) is 0 Å². The third-order valence-corrected chi connectivity index (χ3v) is 10.1. The van der Waals surface area contributed by atoms with Gasteiger partial charge in [0.1, 0.15) is 5.78 Å². The maximum atomic E-state index is 13.4. The first kappa shape index (κ1) is 21.3. The average molecular weight is 407 g/mol. The summed E-state index contributed by atoms with van der Waals surface area (Å²) in [5.74, 6) is 0.775. The number of hydrogen-bond donors (Lipinski definition) is 3. The second kappa shape index (κ2) is 7.33. The topological polar surface area (TPSA) is 94.8 Å². The molecule has 4 rings (SSSR count). The lowest BCUT2D eigenvalue weighted by Crippen LogP contribution is -2.61. The van der Waals surface area contributed by atoms with Gasteiger partial charge in [0.15, 0.2) is 0 Å². The third-order valence-electron chi connectivity index (χ3n) is 10.1. The van der Waals surface area contributed by atoms with Gasteiger partial charge in [-0.2, -0.15) is 0 Å². The van der Waals surface area contributed by atoms with Crippen LogP contribution in [-0.2, 0) is 9.59 Å². The molecule has 4 aliphatic carbocycles. The van der Waals surface area contributed by atoms with Gasteiger partial charge in [-0.3, -0.25) is 9.59 Å². The van der Waals surface area contributed by atoms with Crippen LogP contribution < -0.4 is 0 Å². The van der Waals surface area contributed by atoms with Crippen LogP contribution >= 0.6 is 0 Å². The van der Waals surface area contributed by atoms with Crippen LogP contribution in [0.1, 0.15) is 78.6 Å². The summed E-state index contributed by atoms with van der Waals surface area (Å²) in [6.07, 6.45) is 5.74. The maximum absolute atomic E-state index is 13.4. The Bertz CT molecular complexity index is 676. The summed E-state index contributed by atoms with van der Waals surface area (Å²) in [6, 6.07) is 0. The first-order valence-corrected chi connectivity index (χ1v) is 11.7. The number of carboxylic acid groups (broad SMARTS) is 1. The molecule has 4 aliphatic rings. The first-order valence-electron chi connectivity index (χ1n) is 11.7. The van der Waals surface area contributed by atoms with Crippen molar-refractivity contribution in [2.75, 3.05) is 0 Å². The van der Waals surface area contributed by atoms with Gasteiger partial charge in [0.2, 0.25) is 0 Å². The van der Waals surface area contributed by atoms with Crippen LogP contribution in [-0.4, -0.2) is 39.3 Å². The van der Waals surface area contributed by atoms with Crippen molar-refractivity contribution in [2.45, 2.75) is 90.8 Å². The highest BCUT2D eigenvalue weighted by atomic mass is 16.4. The molecule has 29 heavy (non-hydrogen) atoms. The monoisotopic (exact) mass is 406 g/mol. The number of carbonyl (C=O) groups is 2. The van der Waals surface area contributed by atoms with E-state index in [9.17, 15) is 19.8 Å². The molecule has 164 valence electrons. The van der Waals surface area contributed by atoms with Crippen LogP contribution in [0, 0.1) is 46.3 Å². The number of hydrogen-bond acceptors (Lipinski definition) is 4. The molecule has 0 aromatic rings. The fraction of sp³-hybridized carbons (Fsp3) is 0.917. The van der Waals surface area contributed by atoms with Crippen molar-refractivity contribution in [1.29, 1.82) is 0 Å². The molecule has 10 atom stereocenters. The van der Waals surface area contributed by atoms with Crippen LogP contribution in [0.15, 0.2) is 0 Å². The lowest BCUT2D eigenvalue weighted by atomic mass is 9.43. The molecule has 3 N–H and O–H groups in total. The number of ketones is 1. The summed E-state index contributed by atoms with van der Waals surface area (Å²) in [6.45, 7) is 6.62. The van der Waals surface area contributed by atoms with Gasteiger partial charge < -0.3 is 15.3 Å². The number of aliphatic hydroxyl groups is 2. The van der Waals surface area contributed by atoms with E-state index in [4.69, 9.17) is 5.11 Å². The van der Waals surface area contributed by atoms with Gasteiger partial charge >= 0.3 is 5.97 Å². The lowest BCUT2D eigenvalue weighted by molar-refractivity contribution is -0.182. The zero-order valence-corrected chi connectivity index (χ0v) is 18.1. The Morgan fingerprint density at radius 3 is 2.55 bits per heavy atom. The summed E-state index contributed by atoms with van der Waals surface area (Å²) in [5.41, 5.74) is -0.265. The molecule has 0 aromatic carbocycles. The Balaban J connectivity index is 1.62. The Morgan fingerprint density at radius 2 is 1.86 bits per heavy atom. The number of aliphatic hydroxyl groups excluding tert-OH is 2. The highest BCUT2D eigenvalue weighted by Gasteiger charge is 2.65. The van der Waals surface area contributed by atoms with E-state index < -0.39 is 12.1 Å². The second-order valence-corrected chi connectivity index (χ2v) is 11.3.